The Labute approximate surface area is 159 Å². The summed E-state index contributed by atoms with van der Waals surface area (Å²) in [5, 5.41) is 16.0. The van der Waals surface area contributed by atoms with Crippen LogP contribution in [0.5, 0.6) is 0 Å². The monoisotopic (exact) mass is 371 g/mol. The lowest BCUT2D eigenvalue weighted by Crippen LogP contribution is -2.34. The Morgan fingerprint density at radius 3 is 3.08 bits per heavy atom. The first kappa shape index (κ1) is 17.4. The lowest BCUT2D eigenvalue weighted by atomic mass is 10.2. The molecule has 0 saturated carbocycles. The molecule has 0 radical (unpaired) electrons. The number of hydrogen-bond donors (Lipinski definition) is 2. The van der Waals surface area contributed by atoms with Crippen molar-refractivity contribution in [2.75, 3.05) is 18.5 Å². The molecular formula is C19H25N5OS. The minimum Gasteiger partial charge on any atom is -0.376 e. The van der Waals surface area contributed by atoms with Crippen molar-refractivity contribution in [1.29, 1.82) is 0 Å². The number of nitrogens with zero attached hydrogens (tertiary/aromatic N) is 3. The van der Waals surface area contributed by atoms with Crippen molar-refractivity contribution in [3.8, 4) is 11.4 Å². The van der Waals surface area contributed by atoms with Crippen molar-refractivity contribution in [3.05, 3.63) is 30.1 Å². The summed E-state index contributed by atoms with van der Waals surface area (Å²) in [6.07, 6.45) is 7.17. The molecule has 3 heterocycles. The normalized spacial score (nSPS) is 19.6. The highest BCUT2D eigenvalue weighted by atomic mass is 32.1. The van der Waals surface area contributed by atoms with Crippen molar-refractivity contribution < 1.29 is 4.74 Å². The van der Waals surface area contributed by atoms with Gasteiger partial charge in [0.1, 0.15) is 5.82 Å². The Morgan fingerprint density at radius 2 is 2.19 bits per heavy atom. The van der Waals surface area contributed by atoms with Crippen LogP contribution in [0, 0.1) is 0 Å². The number of benzene rings is 1. The first-order chi connectivity index (χ1) is 12.8. The Balaban J connectivity index is 1.43. The molecule has 0 aliphatic carbocycles. The highest BCUT2D eigenvalue weighted by Gasteiger charge is 2.17. The molecule has 1 aromatic heterocycles. The van der Waals surface area contributed by atoms with Gasteiger partial charge in [0.15, 0.2) is 10.9 Å². The maximum Gasteiger partial charge on any atom is 0.170 e. The lowest BCUT2D eigenvalue weighted by molar-refractivity contribution is 0.114. The number of nitrogens with one attached hydrogen (secondary N) is 2. The number of aromatic nitrogens is 3. The van der Waals surface area contributed by atoms with E-state index in [4.69, 9.17) is 17.0 Å². The van der Waals surface area contributed by atoms with Crippen LogP contribution in [0.15, 0.2) is 24.3 Å². The van der Waals surface area contributed by atoms with E-state index in [9.17, 15) is 0 Å². The molecule has 1 aromatic carbocycles. The molecule has 1 fully saturated rings. The molecule has 1 atom stereocenters. The van der Waals surface area contributed by atoms with Crippen LogP contribution in [-0.2, 0) is 17.7 Å². The molecule has 1 saturated heterocycles. The molecule has 0 spiro atoms. The molecule has 7 heteroatoms. The summed E-state index contributed by atoms with van der Waals surface area (Å²) in [6, 6.07) is 8.21. The maximum atomic E-state index is 5.62. The van der Waals surface area contributed by atoms with Crippen LogP contribution in [0.2, 0.25) is 0 Å². The van der Waals surface area contributed by atoms with E-state index in [1.165, 1.54) is 19.3 Å². The summed E-state index contributed by atoms with van der Waals surface area (Å²) in [5.41, 5.74) is 2.02. The number of ether oxygens (including phenoxy) is 1. The van der Waals surface area contributed by atoms with Crippen molar-refractivity contribution in [2.45, 2.75) is 51.2 Å². The van der Waals surface area contributed by atoms with E-state index in [-0.39, 0.29) is 6.10 Å². The van der Waals surface area contributed by atoms with Crippen molar-refractivity contribution in [2.24, 2.45) is 0 Å². The van der Waals surface area contributed by atoms with E-state index in [1.807, 2.05) is 12.1 Å². The van der Waals surface area contributed by atoms with Gasteiger partial charge in [-0.1, -0.05) is 18.6 Å². The fraction of sp³-hybridized carbons (Fsp3) is 0.526. The predicted molar refractivity (Wildman–Crippen MR) is 106 cm³/mol. The van der Waals surface area contributed by atoms with Crippen molar-refractivity contribution in [1.82, 2.24) is 20.1 Å². The molecule has 6 nitrogen and oxygen atoms in total. The van der Waals surface area contributed by atoms with Gasteiger partial charge < -0.3 is 19.9 Å². The molecule has 2 N–H and O–H groups in total. The van der Waals surface area contributed by atoms with Gasteiger partial charge in [-0.25, -0.2) is 0 Å². The second-order valence-corrected chi connectivity index (χ2v) is 7.36. The smallest absolute Gasteiger partial charge is 0.170 e. The third-order valence-electron chi connectivity index (χ3n) is 5.00. The van der Waals surface area contributed by atoms with Gasteiger partial charge in [-0.2, -0.15) is 0 Å². The fourth-order valence-corrected chi connectivity index (χ4v) is 3.82. The summed E-state index contributed by atoms with van der Waals surface area (Å²) in [4.78, 5) is 0. The van der Waals surface area contributed by atoms with Crippen LogP contribution < -0.4 is 10.6 Å². The predicted octanol–water partition coefficient (Wildman–Crippen LogP) is 3.14. The highest BCUT2D eigenvalue weighted by Crippen LogP contribution is 2.24. The fourth-order valence-electron chi connectivity index (χ4n) is 3.62. The third kappa shape index (κ3) is 4.04. The summed E-state index contributed by atoms with van der Waals surface area (Å²) in [5.74, 6) is 2.05. The van der Waals surface area contributed by atoms with Crippen LogP contribution in [0.4, 0.5) is 5.69 Å². The average Bonchev–Trinajstić information content (AvgIpc) is 3.25. The SMILES string of the molecule is S=C(NCC1CCCO1)Nc1cccc(-c2nnc3n2CCCCC3)c1. The molecule has 138 valence electrons. The summed E-state index contributed by atoms with van der Waals surface area (Å²) in [6.45, 7) is 2.61. The number of aryl methyl sites for hydroxylation is 1. The highest BCUT2D eigenvalue weighted by molar-refractivity contribution is 7.80. The first-order valence-corrected chi connectivity index (χ1v) is 9.89. The third-order valence-corrected chi connectivity index (χ3v) is 5.25. The van der Waals surface area contributed by atoms with Crippen LogP contribution in [0.3, 0.4) is 0 Å². The topological polar surface area (TPSA) is 64.0 Å². The minimum atomic E-state index is 0.271. The van der Waals surface area contributed by atoms with Gasteiger partial charge in [-0.3, -0.25) is 0 Å². The molecule has 1 unspecified atom stereocenters. The summed E-state index contributed by atoms with van der Waals surface area (Å²) in [7, 11) is 0. The van der Waals surface area contributed by atoms with Crippen molar-refractivity contribution in [3.63, 3.8) is 0 Å². The zero-order valence-corrected chi connectivity index (χ0v) is 15.7. The number of rotatable bonds is 4. The van der Waals surface area contributed by atoms with E-state index in [0.717, 1.165) is 61.9 Å². The Kier molecular flexibility index (Phi) is 5.45. The van der Waals surface area contributed by atoms with Crippen LogP contribution in [-0.4, -0.2) is 39.1 Å². The standard InChI is InChI=1S/C19H25N5OS/c26-19(20-13-16-8-5-11-25-16)21-15-7-4-6-14(12-15)18-23-22-17-9-2-1-3-10-24(17)18/h4,6-7,12,16H,1-3,5,8-11,13H2,(H2,20,21,26). The Hall–Kier alpha value is -1.99. The molecular weight excluding hydrogens is 346 g/mol. The van der Waals surface area contributed by atoms with E-state index in [2.05, 4.69) is 37.5 Å². The van der Waals surface area contributed by atoms with E-state index < -0.39 is 0 Å². The van der Waals surface area contributed by atoms with Gasteiger partial charge in [0, 0.05) is 37.4 Å². The summed E-state index contributed by atoms with van der Waals surface area (Å²) < 4.78 is 7.88. The maximum absolute atomic E-state index is 5.62. The van der Waals surface area contributed by atoms with Crippen molar-refractivity contribution >= 4 is 23.0 Å². The largest absolute Gasteiger partial charge is 0.376 e. The van der Waals surface area contributed by atoms with E-state index in [0.29, 0.717) is 5.11 Å². The zero-order chi connectivity index (χ0) is 17.8. The molecule has 2 aliphatic rings. The average molecular weight is 372 g/mol. The van der Waals surface area contributed by atoms with Crippen LogP contribution >= 0.6 is 12.2 Å². The van der Waals surface area contributed by atoms with Crippen LogP contribution in [0.1, 0.15) is 37.9 Å². The lowest BCUT2D eigenvalue weighted by Gasteiger charge is -2.14. The van der Waals surface area contributed by atoms with Gasteiger partial charge in [0.25, 0.3) is 0 Å². The van der Waals surface area contributed by atoms with Gasteiger partial charge in [0.05, 0.1) is 6.10 Å². The number of anilines is 1. The van der Waals surface area contributed by atoms with E-state index in [1.54, 1.807) is 0 Å². The molecule has 2 aromatic rings. The summed E-state index contributed by atoms with van der Waals surface area (Å²) >= 11 is 5.42. The van der Waals surface area contributed by atoms with Gasteiger partial charge in [0.2, 0.25) is 0 Å². The minimum absolute atomic E-state index is 0.271. The Bertz CT molecular complexity index is 769. The molecule has 26 heavy (non-hydrogen) atoms. The number of fused-ring (bicyclic) bond motifs is 1. The quantitative estimate of drug-likeness (QED) is 0.805. The molecule has 4 rings (SSSR count). The van der Waals surface area contributed by atoms with Crippen LogP contribution in [0.25, 0.3) is 11.4 Å². The number of thiocarbonyl (C=S) groups is 1. The first-order valence-electron chi connectivity index (χ1n) is 9.48. The molecule has 2 aliphatic heterocycles. The van der Waals surface area contributed by atoms with E-state index >= 15 is 0 Å². The number of hydrogen-bond acceptors (Lipinski definition) is 4. The van der Waals surface area contributed by atoms with Gasteiger partial charge >= 0.3 is 0 Å². The van der Waals surface area contributed by atoms with Gasteiger partial charge in [-0.15, -0.1) is 10.2 Å². The Morgan fingerprint density at radius 1 is 1.23 bits per heavy atom. The molecule has 0 bridgehead atoms. The van der Waals surface area contributed by atoms with Gasteiger partial charge in [-0.05, 0) is 50.0 Å². The zero-order valence-electron chi connectivity index (χ0n) is 14.9. The molecule has 0 amide bonds. The second-order valence-electron chi connectivity index (χ2n) is 6.95. The second kappa shape index (κ2) is 8.14.